The lowest BCUT2D eigenvalue weighted by atomic mass is 10.1. The van der Waals surface area contributed by atoms with Crippen LogP contribution in [-0.4, -0.2) is 31.4 Å². The van der Waals surface area contributed by atoms with Crippen molar-refractivity contribution in [1.82, 2.24) is 0 Å². The summed E-state index contributed by atoms with van der Waals surface area (Å²) in [6, 6.07) is 8.66. The molecule has 0 amide bonds. The van der Waals surface area contributed by atoms with Gasteiger partial charge in [0.05, 0.1) is 11.8 Å². The van der Waals surface area contributed by atoms with Gasteiger partial charge in [-0.1, -0.05) is 18.2 Å². The Hall–Kier alpha value is -1.78. The first-order valence-corrected chi connectivity index (χ1v) is 5.90. The third kappa shape index (κ3) is 3.84. The van der Waals surface area contributed by atoms with Crippen molar-refractivity contribution in [2.45, 2.75) is 0 Å². The molecule has 0 N–H and O–H groups in total. The van der Waals surface area contributed by atoms with E-state index in [4.69, 9.17) is 5.53 Å². The Morgan fingerprint density at radius 3 is 2.47 bits per heavy atom. The first-order valence-electron chi connectivity index (χ1n) is 4.06. The maximum Gasteiger partial charge on any atom is 0.341 e. The van der Waals surface area contributed by atoms with Gasteiger partial charge in [-0.2, -0.15) is 9.19 Å². The molecule has 0 atom stereocenters. The molecule has 0 bridgehead atoms. The average Bonchev–Trinajstić information content (AvgIpc) is 2.19. The van der Waals surface area contributed by atoms with E-state index in [-0.39, 0.29) is 5.71 Å². The predicted molar refractivity (Wildman–Crippen MR) is 57.5 cm³/mol. The fourth-order valence-corrected chi connectivity index (χ4v) is 1.20. The summed E-state index contributed by atoms with van der Waals surface area (Å²) in [5, 5.41) is 0. The summed E-state index contributed by atoms with van der Waals surface area (Å²) >= 11 is 0. The molecule has 0 fully saturated rings. The van der Waals surface area contributed by atoms with Crippen molar-refractivity contribution in [2.24, 2.45) is 4.40 Å². The van der Waals surface area contributed by atoms with E-state index in [0.29, 0.717) is 5.56 Å². The van der Waals surface area contributed by atoms with Gasteiger partial charge in [0.15, 0.2) is 0 Å². The lowest BCUT2D eigenvalue weighted by Gasteiger charge is -1.89. The Labute approximate surface area is 87.8 Å². The molecule has 0 aliphatic heterocycles. The molecule has 0 aliphatic carbocycles. The normalized spacial score (nSPS) is 11.3. The lowest BCUT2D eigenvalue weighted by Crippen LogP contribution is -2.05. The molecular weight excluding hydrogens is 214 g/mol. The van der Waals surface area contributed by atoms with Crippen LogP contribution in [0.2, 0.25) is 0 Å². The van der Waals surface area contributed by atoms with Crippen LogP contribution in [0.25, 0.3) is 5.53 Å². The minimum atomic E-state index is -3.46. The highest BCUT2D eigenvalue weighted by Crippen LogP contribution is 1.98. The van der Waals surface area contributed by atoms with E-state index in [1.807, 2.05) is 0 Å². The molecule has 0 saturated heterocycles. The van der Waals surface area contributed by atoms with Gasteiger partial charge in [-0.05, 0) is 12.1 Å². The number of hydrogen-bond acceptors (Lipinski definition) is 2. The highest BCUT2D eigenvalue weighted by Gasteiger charge is 2.08. The highest BCUT2D eigenvalue weighted by atomic mass is 32.2. The van der Waals surface area contributed by atoms with Crippen LogP contribution in [0.5, 0.6) is 0 Å². The highest BCUT2D eigenvalue weighted by molar-refractivity contribution is 7.89. The zero-order valence-corrected chi connectivity index (χ0v) is 8.85. The van der Waals surface area contributed by atoms with Crippen molar-refractivity contribution in [3.63, 3.8) is 0 Å². The second-order valence-electron chi connectivity index (χ2n) is 2.82. The van der Waals surface area contributed by atoms with Crippen LogP contribution in [0.15, 0.2) is 34.7 Å². The number of hydrogen-bond donors (Lipinski definition) is 0. The molecule has 6 heteroatoms. The lowest BCUT2D eigenvalue weighted by molar-refractivity contribution is -0.0000601. The summed E-state index contributed by atoms with van der Waals surface area (Å²) in [5.41, 5.74) is 9.37. The Kier molecular flexibility index (Phi) is 3.49. The van der Waals surface area contributed by atoms with Crippen LogP contribution in [0, 0.1) is 0 Å². The summed E-state index contributed by atoms with van der Waals surface area (Å²) in [7, 11) is -3.46. The monoisotopic (exact) mass is 223 g/mol. The molecule has 0 aromatic heterocycles. The fourth-order valence-electron chi connectivity index (χ4n) is 0.913. The summed E-state index contributed by atoms with van der Waals surface area (Å²) in [6.07, 6.45) is 1.97. The number of nitrogens with zero attached hydrogens (tertiary/aromatic N) is 3. The maximum atomic E-state index is 10.7. The first-order chi connectivity index (χ1) is 7.03. The molecule has 78 valence electrons. The molecule has 15 heavy (non-hydrogen) atoms. The molecule has 0 saturated carbocycles. The Bertz CT molecular complexity index is 514. The van der Waals surface area contributed by atoms with Crippen LogP contribution in [0.1, 0.15) is 5.56 Å². The molecule has 0 aliphatic rings. The topological polar surface area (TPSA) is 82.9 Å². The van der Waals surface area contributed by atoms with Gasteiger partial charge in [0.25, 0.3) is 0 Å². The smallest absolute Gasteiger partial charge is 0.341 e. The van der Waals surface area contributed by atoms with Crippen LogP contribution in [0.3, 0.4) is 0 Å². The van der Waals surface area contributed by atoms with E-state index in [9.17, 15) is 8.42 Å². The quantitative estimate of drug-likeness (QED) is 0.430. The average molecular weight is 223 g/mol. The number of rotatable bonds is 3. The van der Waals surface area contributed by atoms with Crippen molar-refractivity contribution < 1.29 is 13.2 Å². The van der Waals surface area contributed by atoms with E-state index < -0.39 is 10.0 Å². The van der Waals surface area contributed by atoms with E-state index >= 15 is 0 Å². The summed E-state index contributed by atoms with van der Waals surface area (Å²) in [5.74, 6) is 0. The SMILES string of the molecule is CS(=O)(=O)/N=C/C(=[N+]=[N-])c1ccccc1. The second-order valence-corrected chi connectivity index (χ2v) is 4.50. The van der Waals surface area contributed by atoms with Gasteiger partial charge in [0.1, 0.15) is 6.21 Å². The molecule has 0 spiro atoms. The van der Waals surface area contributed by atoms with E-state index in [2.05, 4.69) is 9.19 Å². The third-order valence-corrected chi connectivity index (χ3v) is 2.03. The standard InChI is InChI=1S/C9H9N3O2S/c1-15(13,14)11-7-9(12-10)8-5-3-2-4-6-8/h2-7H,1H3/b11-7+. The molecule has 5 nitrogen and oxygen atoms in total. The van der Waals surface area contributed by atoms with Gasteiger partial charge < -0.3 is 5.53 Å². The molecule has 0 unspecified atom stereocenters. The minimum absolute atomic E-state index is 0.0982. The predicted octanol–water partition coefficient (Wildman–Crippen LogP) is 0.736. The zero-order valence-electron chi connectivity index (χ0n) is 8.03. The van der Waals surface area contributed by atoms with E-state index in [1.54, 1.807) is 30.3 Å². The van der Waals surface area contributed by atoms with E-state index in [0.717, 1.165) is 12.5 Å². The van der Waals surface area contributed by atoms with Crippen LogP contribution < -0.4 is 0 Å². The van der Waals surface area contributed by atoms with Crippen molar-refractivity contribution in [2.75, 3.05) is 6.26 Å². The third-order valence-electron chi connectivity index (χ3n) is 1.54. The van der Waals surface area contributed by atoms with Crippen LogP contribution in [0.4, 0.5) is 0 Å². The zero-order chi connectivity index (χ0) is 11.3. The summed E-state index contributed by atoms with van der Waals surface area (Å²) in [4.78, 5) is 2.96. The number of benzene rings is 1. The van der Waals surface area contributed by atoms with Gasteiger partial charge in [0.2, 0.25) is 10.0 Å². The molecule has 1 aromatic rings. The summed E-state index contributed by atoms with van der Waals surface area (Å²) in [6.45, 7) is 0. The Balaban J connectivity index is 3.05. The van der Waals surface area contributed by atoms with Gasteiger partial charge in [-0.15, -0.1) is 0 Å². The second kappa shape index (κ2) is 4.63. The van der Waals surface area contributed by atoms with Crippen LogP contribution >= 0.6 is 0 Å². The maximum absolute atomic E-state index is 10.7. The fraction of sp³-hybridized carbons (Fsp3) is 0.111. The van der Waals surface area contributed by atoms with Gasteiger partial charge in [-0.3, -0.25) is 0 Å². The largest absolute Gasteiger partial charge is 0.361 e. The molecule has 1 aromatic carbocycles. The van der Waals surface area contributed by atoms with Gasteiger partial charge >= 0.3 is 5.71 Å². The van der Waals surface area contributed by atoms with Crippen molar-refractivity contribution in [3.05, 3.63) is 41.4 Å². The summed E-state index contributed by atoms with van der Waals surface area (Å²) < 4.78 is 24.8. The number of sulfonamides is 1. The minimum Gasteiger partial charge on any atom is -0.361 e. The van der Waals surface area contributed by atoms with Gasteiger partial charge in [0, 0.05) is 0 Å². The molecule has 0 radical (unpaired) electrons. The van der Waals surface area contributed by atoms with Gasteiger partial charge in [-0.25, -0.2) is 8.42 Å². The molecule has 1 rings (SSSR count). The Morgan fingerprint density at radius 1 is 1.40 bits per heavy atom. The van der Waals surface area contributed by atoms with E-state index in [1.165, 1.54) is 0 Å². The van der Waals surface area contributed by atoms with Crippen molar-refractivity contribution in [1.29, 1.82) is 0 Å². The first kappa shape index (κ1) is 11.3. The van der Waals surface area contributed by atoms with Crippen molar-refractivity contribution in [3.8, 4) is 0 Å². The Morgan fingerprint density at radius 2 is 2.00 bits per heavy atom. The molecular formula is C9H9N3O2S. The van der Waals surface area contributed by atoms with Crippen LogP contribution in [-0.2, 0) is 10.0 Å². The van der Waals surface area contributed by atoms with Crippen molar-refractivity contribution >= 4 is 21.9 Å². The molecule has 0 heterocycles.